The van der Waals surface area contributed by atoms with E-state index in [2.05, 4.69) is 6.26 Å². The van der Waals surface area contributed by atoms with Gasteiger partial charge in [-0.05, 0) is 18.4 Å². The molecule has 0 saturated heterocycles. The molecule has 0 saturated carbocycles. The number of rotatable bonds is 3. The van der Waals surface area contributed by atoms with E-state index >= 15 is 0 Å². The molecule has 8 heavy (non-hydrogen) atoms. The van der Waals surface area contributed by atoms with E-state index in [4.69, 9.17) is 5.26 Å². The highest BCUT2D eigenvalue weighted by atomic mass is 32.2. The summed E-state index contributed by atoms with van der Waals surface area (Å²) in [5, 5.41) is 8.02. The number of nitriles is 1. The van der Waals surface area contributed by atoms with Crippen molar-refractivity contribution in [3.63, 3.8) is 0 Å². The molecule has 0 aromatic heterocycles. The van der Waals surface area contributed by atoms with Crippen LogP contribution in [0.25, 0.3) is 0 Å². The van der Waals surface area contributed by atoms with Gasteiger partial charge in [-0.2, -0.15) is 17.0 Å². The Bertz CT molecular complexity index is 102. The fourth-order valence-electron chi connectivity index (χ4n) is 0.322. The van der Waals surface area contributed by atoms with Crippen LogP contribution in [-0.4, -0.2) is 12.0 Å². The summed E-state index contributed by atoms with van der Waals surface area (Å²) in [7, 11) is 0. The molecule has 0 aliphatic rings. The molecule has 0 spiro atoms. The molecule has 0 rings (SSSR count). The summed E-state index contributed by atoms with van der Waals surface area (Å²) in [6, 6.07) is 1.94. The van der Waals surface area contributed by atoms with Gasteiger partial charge in [0.1, 0.15) is 0 Å². The van der Waals surface area contributed by atoms with E-state index in [1.54, 1.807) is 11.8 Å². The van der Waals surface area contributed by atoms with Gasteiger partial charge in [-0.15, -0.1) is 0 Å². The number of hydrogen-bond acceptors (Lipinski definition) is 2. The Morgan fingerprint density at radius 2 is 2.50 bits per heavy atom. The third-order valence-corrected chi connectivity index (χ3v) is 1.32. The van der Waals surface area contributed by atoms with E-state index in [1.165, 1.54) is 6.08 Å². The Labute approximate surface area is 54.4 Å². The summed E-state index contributed by atoms with van der Waals surface area (Å²) in [6.07, 6.45) is 6.47. The summed E-state index contributed by atoms with van der Waals surface area (Å²) in [4.78, 5) is 0. The first-order valence-corrected chi connectivity index (χ1v) is 3.84. The number of allylic oxidation sites excluding steroid dienone is 2. The molecule has 0 N–H and O–H groups in total. The topological polar surface area (TPSA) is 23.8 Å². The molecule has 0 heterocycles. The molecule has 0 aliphatic heterocycles. The molecule has 0 radical (unpaired) electrons. The van der Waals surface area contributed by atoms with Gasteiger partial charge in [-0.1, -0.05) is 6.08 Å². The average Bonchev–Trinajstić information content (AvgIpc) is 1.81. The van der Waals surface area contributed by atoms with Crippen molar-refractivity contribution >= 4 is 11.8 Å². The normalized spacial score (nSPS) is 9.50. The van der Waals surface area contributed by atoms with Crippen LogP contribution in [0.2, 0.25) is 0 Å². The van der Waals surface area contributed by atoms with Gasteiger partial charge in [0.25, 0.3) is 0 Å². The molecule has 0 aromatic carbocycles. The zero-order chi connectivity index (χ0) is 6.24. The first-order chi connectivity index (χ1) is 3.91. The lowest BCUT2D eigenvalue weighted by atomic mass is 10.4. The maximum absolute atomic E-state index is 8.02. The zero-order valence-electron chi connectivity index (χ0n) is 4.92. The summed E-state index contributed by atoms with van der Waals surface area (Å²) >= 11 is 1.79. The van der Waals surface area contributed by atoms with Crippen LogP contribution in [0.1, 0.15) is 6.42 Å². The Kier molecular flexibility index (Phi) is 6.23. The third-order valence-electron chi connectivity index (χ3n) is 0.681. The molecule has 0 fully saturated rings. The Morgan fingerprint density at radius 1 is 1.75 bits per heavy atom. The minimum Gasteiger partial charge on any atom is -0.193 e. The minimum atomic E-state index is 1.01. The van der Waals surface area contributed by atoms with Gasteiger partial charge in [-0.3, -0.25) is 0 Å². The van der Waals surface area contributed by atoms with Crippen LogP contribution in [0.4, 0.5) is 0 Å². The van der Waals surface area contributed by atoms with E-state index in [1.807, 2.05) is 12.1 Å². The van der Waals surface area contributed by atoms with Gasteiger partial charge in [0, 0.05) is 6.08 Å². The average molecular weight is 127 g/mol. The Morgan fingerprint density at radius 3 is 3.00 bits per heavy atom. The van der Waals surface area contributed by atoms with E-state index in [0.29, 0.717) is 0 Å². The van der Waals surface area contributed by atoms with Crippen LogP contribution in [0, 0.1) is 11.3 Å². The van der Waals surface area contributed by atoms with Crippen molar-refractivity contribution < 1.29 is 0 Å². The molecule has 0 aliphatic carbocycles. The minimum absolute atomic E-state index is 1.01. The SMILES string of the molecule is CSCC/C=C/C#N. The van der Waals surface area contributed by atoms with E-state index < -0.39 is 0 Å². The molecule has 0 amide bonds. The summed E-state index contributed by atoms with van der Waals surface area (Å²) < 4.78 is 0. The van der Waals surface area contributed by atoms with Crippen LogP contribution < -0.4 is 0 Å². The number of nitrogens with zero attached hydrogens (tertiary/aromatic N) is 1. The lowest BCUT2D eigenvalue weighted by molar-refractivity contribution is 1.25. The van der Waals surface area contributed by atoms with Crippen molar-refractivity contribution in [2.24, 2.45) is 0 Å². The number of thioether (sulfide) groups is 1. The molecular formula is C6H9NS. The van der Waals surface area contributed by atoms with Crippen molar-refractivity contribution in [2.75, 3.05) is 12.0 Å². The van der Waals surface area contributed by atoms with Crippen molar-refractivity contribution in [2.45, 2.75) is 6.42 Å². The molecule has 0 aromatic rings. The van der Waals surface area contributed by atoms with Crippen molar-refractivity contribution in [3.8, 4) is 6.07 Å². The van der Waals surface area contributed by atoms with Gasteiger partial charge >= 0.3 is 0 Å². The quantitative estimate of drug-likeness (QED) is 0.426. The van der Waals surface area contributed by atoms with E-state index in [0.717, 1.165) is 12.2 Å². The second-order valence-corrected chi connectivity index (χ2v) is 2.30. The highest BCUT2D eigenvalue weighted by Gasteiger charge is 1.74. The largest absolute Gasteiger partial charge is 0.193 e. The van der Waals surface area contributed by atoms with Gasteiger partial charge in [-0.25, -0.2) is 0 Å². The summed E-state index contributed by atoms with van der Waals surface area (Å²) in [6.45, 7) is 0. The number of hydrogen-bond donors (Lipinski definition) is 0. The van der Waals surface area contributed by atoms with Crippen LogP contribution in [0.5, 0.6) is 0 Å². The predicted molar refractivity (Wildman–Crippen MR) is 37.8 cm³/mol. The fourth-order valence-corrected chi connectivity index (χ4v) is 0.694. The predicted octanol–water partition coefficient (Wildman–Crippen LogP) is 1.82. The summed E-state index contributed by atoms with van der Waals surface area (Å²) in [5.74, 6) is 1.11. The van der Waals surface area contributed by atoms with Crippen LogP contribution in [0.15, 0.2) is 12.2 Å². The van der Waals surface area contributed by atoms with Crippen LogP contribution >= 0.6 is 11.8 Å². The smallest absolute Gasteiger partial charge is 0.0908 e. The maximum atomic E-state index is 8.02. The molecule has 0 bridgehead atoms. The Balaban J connectivity index is 2.94. The van der Waals surface area contributed by atoms with Gasteiger partial charge in [0.2, 0.25) is 0 Å². The van der Waals surface area contributed by atoms with Crippen LogP contribution in [0.3, 0.4) is 0 Å². The second-order valence-electron chi connectivity index (χ2n) is 1.31. The first-order valence-electron chi connectivity index (χ1n) is 2.45. The third kappa shape index (κ3) is 5.58. The monoisotopic (exact) mass is 127 g/mol. The Hall–Kier alpha value is -0.420. The maximum Gasteiger partial charge on any atom is 0.0908 e. The second kappa shape index (κ2) is 6.58. The van der Waals surface area contributed by atoms with E-state index in [-0.39, 0.29) is 0 Å². The molecule has 0 unspecified atom stereocenters. The van der Waals surface area contributed by atoms with Crippen LogP contribution in [-0.2, 0) is 0 Å². The lowest BCUT2D eigenvalue weighted by Crippen LogP contribution is -1.69. The summed E-state index contributed by atoms with van der Waals surface area (Å²) in [5.41, 5.74) is 0. The molecular weight excluding hydrogens is 118 g/mol. The fraction of sp³-hybridized carbons (Fsp3) is 0.500. The molecule has 2 heteroatoms. The molecule has 1 nitrogen and oxygen atoms in total. The first kappa shape index (κ1) is 7.58. The van der Waals surface area contributed by atoms with Crippen molar-refractivity contribution in [1.82, 2.24) is 0 Å². The lowest BCUT2D eigenvalue weighted by Gasteiger charge is -1.83. The van der Waals surface area contributed by atoms with Gasteiger partial charge in [0.15, 0.2) is 0 Å². The molecule has 44 valence electrons. The molecule has 0 atom stereocenters. The van der Waals surface area contributed by atoms with Crippen molar-refractivity contribution in [1.29, 1.82) is 5.26 Å². The van der Waals surface area contributed by atoms with Crippen molar-refractivity contribution in [3.05, 3.63) is 12.2 Å². The van der Waals surface area contributed by atoms with E-state index in [9.17, 15) is 0 Å². The standard InChI is InChI=1S/C6H9NS/c1-8-6-4-2-3-5-7/h2-3H,4,6H2,1H3/b3-2+. The highest BCUT2D eigenvalue weighted by molar-refractivity contribution is 7.98. The zero-order valence-corrected chi connectivity index (χ0v) is 5.74. The highest BCUT2D eigenvalue weighted by Crippen LogP contribution is 1.94. The van der Waals surface area contributed by atoms with Gasteiger partial charge in [0.05, 0.1) is 6.07 Å². The van der Waals surface area contributed by atoms with Gasteiger partial charge < -0.3 is 0 Å².